The molecule has 0 aliphatic carbocycles. The summed E-state index contributed by atoms with van der Waals surface area (Å²) in [5.41, 5.74) is 3.14. The molecule has 0 aliphatic rings. The second-order valence-corrected chi connectivity index (χ2v) is 6.77. The van der Waals surface area contributed by atoms with Crippen LogP contribution in [-0.2, 0) is 6.42 Å². The molecule has 0 saturated carbocycles. The number of nitrogens with one attached hydrogen (secondary N) is 1. The highest BCUT2D eigenvalue weighted by atomic mass is 79.9. The first-order valence-corrected chi connectivity index (χ1v) is 8.03. The van der Waals surface area contributed by atoms with Crippen molar-refractivity contribution in [1.29, 1.82) is 0 Å². The van der Waals surface area contributed by atoms with Crippen LogP contribution in [0.3, 0.4) is 0 Å². The molecular weight excluding hydrogens is 310 g/mol. The van der Waals surface area contributed by atoms with Crippen molar-refractivity contribution in [3.63, 3.8) is 0 Å². The molecule has 0 bridgehead atoms. The van der Waals surface area contributed by atoms with E-state index < -0.39 is 0 Å². The van der Waals surface area contributed by atoms with E-state index in [1.807, 2.05) is 0 Å². The van der Waals surface area contributed by atoms with E-state index in [0.29, 0.717) is 0 Å². The lowest BCUT2D eigenvalue weighted by Gasteiger charge is -2.44. The lowest BCUT2D eigenvalue weighted by Crippen LogP contribution is -2.61. The van der Waals surface area contributed by atoms with E-state index in [0.717, 1.165) is 23.7 Å². The quantitative estimate of drug-likeness (QED) is 0.595. The molecule has 104 valence electrons. The minimum atomic E-state index is 0.102. The Hall–Kier alpha value is 0.0600. The van der Waals surface area contributed by atoms with Gasteiger partial charge in [0.1, 0.15) is 0 Å². The molecule has 0 fully saturated rings. The summed E-state index contributed by atoms with van der Waals surface area (Å²) < 4.78 is 1.15. The summed E-state index contributed by atoms with van der Waals surface area (Å²) >= 11 is 5.29. The smallest absolute Gasteiger partial charge is 0.0442 e. The summed E-state index contributed by atoms with van der Waals surface area (Å²) in [6, 6.07) is 2.44. The van der Waals surface area contributed by atoms with Gasteiger partial charge in [0.2, 0.25) is 0 Å². The number of thiophene rings is 1. The van der Waals surface area contributed by atoms with Crippen LogP contribution < -0.4 is 11.3 Å². The normalized spacial score (nSPS) is 14.2. The third-order valence-corrected chi connectivity index (χ3v) is 5.71. The maximum absolute atomic E-state index is 5.82. The molecule has 0 saturated heterocycles. The average molecular weight is 334 g/mol. The summed E-state index contributed by atoms with van der Waals surface area (Å²) in [4.78, 5) is 3.66. The van der Waals surface area contributed by atoms with Gasteiger partial charge in [0.05, 0.1) is 0 Å². The fourth-order valence-corrected chi connectivity index (χ4v) is 4.25. The highest BCUT2D eigenvalue weighted by molar-refractivity contribution is 9.10. The molecule has 3 N–H and O–H groups in total. The Morgan fingerprint density at radius 2 is 2.06 bits per heavy atom. The van der Waals surface area contributed by atoms with Crippen molar-refractivity contribution in [2.24, 2.45) is 5.84 Å². The first-order chi connectivity index (χ1) is 8.50. The average Bonchev–Trinajstić information content (AvgIpc) is 2.75. The molecule has 1 heterocycles. The van der Waals surface area contributed by atoms with Crippen molar-refractivity contribution >= 4 is 27.3 Å². The Kier molecular flexibility index (Phi) is 6.27. The summed E-state index contributed by atoms with van der Waals surface area (Å²) in [6.07, 6.45) is 3.13. The first-order valence-electron chi connectivity index (χ1n) is 6.36. The lowest BCUT2D eigenvalue weighted by atomic mass is 9.81. The van der Waals surface area contributed by atoms with E-state index >= 15 is 0 Å². The van der Waals surface area contributed by atoms with Gasteiger partial charge < -0.3 is 4.90 Å². The van der Waals surface area contributed by atoms with E-state index in [-0.39, 0.29) is 11.6 Å². The zero-order valence-corrected chi connectivity index (χ0v) is 14.1. The zero-order chi connectivity index (χ0) is 13.8. The van der Waals surface area contributed by atoms with E-state index in [1.165, 1.54) is 4.88 Å². The molecular formula is C13H24BrN3S. The molecule has 0 radical (unpaired) electrons. The Bertz CT molecular complexity index is 361. The van der Waals surface area contributed by atoms with E-state index in [2.05, 4.69) is 65.6 Å². The van der Waals surface area contributed by atoms with Crippen LogP contribution in [0.1, 0.15) is 31.6 Å². The molecule has 1 unspecified atom stereocenters. The number of hydrogen-bond donors (Lipinski definition) is 2. The van der Waals surface area contributed by atoms with Gasteiger partial charge in [-0.1, -0.05) is 13.8 Å². The Morgan fingerprint density at radius 3 is 2.39 bits per heavy atom. The predicted octanol–water partition coefficient (Wildman–Crippen LogP) is 3.01. The van der Waals surface area contributed by atoms with Crippen LogP contribution in [0.4, 0.5) is 0 Å². The summed E-state index contributed by atoms with van der Waals surface area (Å²) in [7, 11) is 4.28. The molecule has 1 aromatic heterocycles. The summed E-state index contributed by atoms with van der Waals surface area (Å²) in [5.74, 6) is 5.82. The van der Waals surface area contributed by atoms with Crippen LogP contribution in [0.5, 0.6) is 0 Å². The predicted molar refractivity (Wildman–Crippen MR) is 83.8 cm³/mol. The minimum Gasteiger partial charge on any atom is -0.302 e. The third-order valence-electron chi connectivity index (χ3n) is 3.99. The van der Waals surface area contributed by atoms with Gasteiger partial charge in [-0.15, -0.1) is 11.3 Å². The summed E-state index contributed by atoms with van der Waals surface area (Å²) in [6.45, 7) is 4.47. The number of rotatable bonds is 7. The topological polar surface area (TPSA) is 41.3 Å². The molecule has 1 aromatic rings. The van der Waals surface area contributed by atoms with Gasteiger partial charge in [-0.3, -0.25) is 11.3 Å². The molecule has 3 nitrogen and oxygen atoms in total. The number of nitrogens with zero attached hydrogens (tertiary/aromatic N) is 1. The Morgan fingerprint density at radius 1 is 1.44 bits per heavy atom. The van der Waals surface area contributed by atoms with Gasteiger partial charge in [0.25, 0.3) is 0 Å². The largest absolute Gasteiger partial charge is 0.302 e. The van der Waals surface area contributed by atoms with Gasteiger partial charge in [-0.25, -0.2) is 0 Å². The van der Waals surface area contributed by atoms with E-state index in [4.69, 9.17) is 5.84 Å². The lowest BCUT2D eigenvalue weighted by molar-refractivity contribution is 0.0886. The molecule has 0 aromatic carbocycles. The molecule has 0 aliphatic heterocycles. The highest BCUT2D eigenvalue weighted by Crippen LogP contribution is 2.30. The van der Waals surface area contributed by atoms with Crippen LogP contribution >= 0.6 is 27.3 Å². The fourth-order valence-electron chi connectivity index (χ4n) is 2.75. The number of nitrogens with two attached hydrogens (primary N) is 1. The van der Waals surface area contributed by atoms with Gasteiger partial charge >= 0.3 is 0 Å². The molecule has 1 rings (SSSR count). The molecule has 0 spiro atoms. The minimum absolute atomic E-state index is 0.102. The van der Waals surface area contributed by atoms with Crippen LogP contribution in [0.15, 0.2) is 15.9 Å². The number of likely N-dealkylation sites (N-methyl/N-ethyl adjacent to an activating group) is 1. The van der Waals surface area contributed by atoms with Gasteiger partial charge in [0.15, 0.2) is 0 Å². The van der Waals surface area contributed by atoms with Crippen LogP contribution in [0.2, 0.25) is 0 Å². The summed E-state index contributed by atoms with van der Waals surface area (Å²) in [5, 5.41) is 2.12. The van der Waals surface area contributed by atoms with Gasteiger partial charge in [-0.2, -0.15) is 0 Å². The standard InChI is InChI=1S/C13H24BrN3S/c1-5-13(6-2,17(3)4)12(16-15)8-11-7-10(14)9-18-11/h7,9,12,16H,5-6,8,15H2,1-4H3. The Balaban J connectivity index is 2.92. The van der Waals surface area contributed by atoms with Crippen LogP contribution in [-0.4, -0.2) is 30.6 Å². The monoisotopic (exact) mass is 333 g/mol. The second-order valence-electron chi connectivity index (χ2n) is 4.86. The SMILES string of the molecule is CCC(CC)(C(Cc1cc(Br)cs1)NN)N(C)C. The van der Waals surface area contributed by atoms with Crippen molar-refractivity contribution in [2.75, 3.05) is 14.1 Å². The fraction of sp³-hybridized carbons (Fsp3) is 0.692. The van der Waals surface area contributed by atoms with Gasteiger partial charge in [0, 0.05) is 32.7 Å². The molecule has 18 heavy (non-hydrogen) atoms. The van der Waals surface area contributed by atoms with E-state index in [9.17, 15) is 0 Å². The maximum atomic E-state index is 5.82. The third kappa shape index (κ3) is 3.33. The number of halogens is 1. The molecule has 1 atom stereocenters. The van der Waals surface area contributed by atoms with Crippen molar-refractivity contribution in [2.45, 2.75) is 44.7 Å². The second kappa shape index (κ2) is 7.01. The zero-order valence-electron chi connectivity index (χ0n) is 11.7. The highest BCUT2D eigenvalue weighted by Gasteiger charge is 2.37. The molecule has 0 amide bonds. The number of hydrogen-bond acceptors (Lipinski definition) is 4. The van der Waals surface area contributed by atoms with E-state index in [1.54, 1.807) is 11.3 Å². The number of hydrazine groups is 1. The Labute approximate surface area is 123 Å². The van der Waals surface area contributed by atoms with Crippen LogP contribution in [0.25, 0.3) is 0 Å². The van der Waals surface area contributed by atoms with Gasteiger partial charge in [-0.05, 0) is 48.9 Å². The van der Waals surface area contributed by atoms with Crippen molar-refractivity contribution in [3.8, 4) is 0 Å². The van der Waals surface area contributed by atoms with Crippen molar-refractivity contribution in [3.05, 3.63) is 20.8 Å². The maximum Gasteiger partial charge on any atom is 0.0442 e. The van der Waals surface area contributed by atoms with Crippen molar-refractivity contribution in [1.82, 2.24) is 10.3 Å². The molecule has 5 heteroatoms. The van der Waals surface area contributed by atoms with Crippen molar-refractivity contribution < 1.29 is 0 Å². The first kappa shape index (κ1) is 16.1. The van der Waals surface area contributed by atoms with Crippen LogP contribution in [0, 0.1) is 0 Å².